The number of carbonyl (C=O) groups is 1. The molecule has 1 saturated carbocycles. The number of amides is 1. The molecule has 9 nitrogen and oxygen atoms in total. The van der Waals surface area contributed by atoms with Crippen molar-refractivity contribution in [3.05, 3.63) is 77.0 Å². The number of alkyl halides is 2. The van der Waals surface area contributed by atoms with E-state index in [0.29, 0.717) is 41.8 Å². The number of anilines is 1. The summed E-state index contributed by atoms with van der Waals surface area (Å²) in [5, 5.41) is 13.4. The Balaban J connectivity index is 1.40. The largest absolute Gasteiger partial charge is 0.586 e. The second kappa shape index (κ2) is 10.5. The fourth-order valence-electron chi connectivity index (χ4n) is 6.14. The molecule has 0 saturated heterocycles. The first-order valence-electron chi connectivity index (χ1n) is 14.6. The van der Waals surface area contributed by atoms with Crippen LogP contribution in [0, 0.1) is 6.92 Å². The Labute approximate surface area is 259 Å². The molecule has 0 bridgehead atoms. The fourth-order valence-corrected chi connectivity index (χ4v) is 6.89. The van der Waals surface area contributed by atoms with Gasteiger partial charge in [0, 0.05) is 28.8 Å². The van der Waals surface area contributed by atoms with Crippen molar-refractivity contribution in [2.24, 2.45) is 0 Å². The van der Waals surface area contributed by atoms with Gasteiger partial charge in [-0.05, 0) is 91.8 Å². The summed E-state index contributed by atoms with van der Waals surface area (Å²) in [5.41, 5.74) is 3.25. The minimum absolute atomic E-state index is 0.0820. The van der Waals surface area contributed by atoms with E-state index >= 15 is 0 Å². The minimum atomic E-state index is -4.55. The van der Waals surface area contributed by atoms with Gasteiger partial charge in [-0.2, -0.15) is 8.42 Å². The monoisotopic (exact) mass is 640 g/mol. The van der Waals surface area contributed by atoms with Crippen molar-refractivity contribution < 1.29 is 41.1 Å². The van der Waals surface area contributed by atoms with Gasteiger partial charge in [0.15, 0.2) is 11.5 Å². The van der Waals surface area contributed by atoms with E-state index in [2.05, 4.69) is 14.8 Å². The Hall–Kier alpha value is -4.00. The van der Waals surface area contributed by atoms with Crippen molar-refractivity contribution in [1.82, 2.24) is 4.57 Å². The summed E-state index contributed by atoms with van der Waals surface area (Å²) in [5.74, 6) is -0.465. The lowest BCUT2D eigenvalue weighted by atomic mass is 9.91. The van der Waals surface area contributed by atoms with Crippen molar-refractivity contribution in [1.29, 1.82) is 0 Å². The molecule has 1 aliphatic carbocycles. The van der Waals surface area contributed by atoms with Crippen molar-refractivity contribution in [3.63, 3.8) is 0 Å². The number of rotatable bonds is 8. The average Bonchev–Trinajstić information content (AvgIpc) is 3.57. The number of benzene rings is 3. The molecule has 45 heavy (non-hydrogen) atoms. The van der Waals surface area contributed by atoms with E-state index in [0.717, 1.165) is 22.2 Å². The van der Waals surface area contributed by atoms with Crippen LogP contribution in [0.2, 0.25) is 0 Å². The zero-order chi connectivity index (χ0) is 32.5. The van der Waals surface area contributed by atoms with Crippen LogP contribution >= 0.6 is 0 Å². The highest BCUT2D eigenvalue weighted by Gasteiger charge is 2.52. The SMILES string of the molecule is Cc1ccc(S(=O)(=O)O)c(CCCO)c1-n1c(C(C)(C)C)cc2cc(NC(=O)C3(c4ccc5c(c4)OC(F)(F)O5)CC3)ccc21. The van der Waals surface area contributed by atoms with Gasteiger partial charge in [-0.25, -0.2) is 0 Å². The van der Waals surface area contributed by atoms with E-state index in [1.54, 1.807) is 18.2 Å². The maximum Gasteiger partial charge on any atom is 0.586 e. The van der Waals surface area contributed by atoms with Gasteiger partial charge < -0.3 is 24.5 Å². The molecule has 0 atom stereocenters. The van der Waals surface area contributed by atoms with E-state index in [1.165, 1.54) is 18.2 Å². The van der Waals surface area contributed by atoms with Gasteiger partial charge in [0.2, 0.25) is 5.91 Å². The molecule has 0 radical (unpaired) electrons. The first-order valence-corrected chi connectivity index (χ1v) is 16.1. The van der Waals surface area contributed by atoms with Crippen molar-refractivity contribution in [3.8, 4) is 17.2 Å². The molecule has 3 N–H and O–H groups in total. The lowest BCUT2D eigenvalue weighted by molar-refractivity contribution is -0.286. The predicted molar refractivity (Wildman–Crippen MR) is 164 cm³/mol. The third-order valence-corrected chi connectivity index (χ3v) is 9.43. The summed E-state index contributed by atoms with van der Waals surface area (Å²) in [7, 11) is -4.55. The van der Waals surface area contributed by atoms with Crippen LogP contribution in [0.5, 0.6) is 11.5 Å². The maximum atomic E-state index is 13.6. The van der Waals surface area contributed by atoms with Gasteiger partial charge in [0.05, 0.1) is 21.5 Å². The summed E-state index contributed by atoms with van der Waals surface area (Å²) in [6.07, 6.45) is -2.14. The van der Waals surface area contributed by atoms with Crippen LogP contribution in [0.3, 0.4) is 0 Å². The molecule has 0 unspecified atom stereocenters. The topological polar surface area (TPSA) is 127 Å². The Bertz CT molecular complexity index is 1960. The second-order valence-electron chi connectivity index (χ2n) is 12.8. The molecular weight excluding hydrogens is 606 g/mol. The number of halogens is 2. The van der Waals surface area contributed by atoms with Gasteiger partial charge in [-0.3, -0.25) is 9.35 Å². The molecule has 3 aromatic carbocycles. The molecule has 1 aliphatic heterocycles. The molecule has 12 heteroatoms. The van der Waals surface area contributed by atoms with Crippen molar-refractivity contribution in [2.75, 3.05) is 11.9 Å². The number of ether oxygens (including phenoxy) is 2. The molecule has 2 heterocycles. The summed E-state index contributed by atoms with van der Waals surface area (Å²) >= 11 is 0. The number of aromatic nitrogens is 1. The van der Waals surface area contributed by atoms with E-state index in [9.17, 15) is 31.7 Å². The minimum Gasteiger partial charge on any atom is -0.396 e. The Morgan fingerprint density at radius 1 is 1.02 bits per heavy atom. The van der Waals surface area contributed by atoms with Crippen molar-refractivity contribution >= 4 is 32.6 Å². The number of nitrogens with zero attached hydrogens (tertiary/aromatic N) is 1. The predicted octanol–water partition coefficient (Wildman–Crippen LogP) is 6.40. The Morgan fingerprint density at radius 3 is 2.38 bits per heavy atom. The Morgan fingerprint density at radius 2 is 1.73 bits per heavy atom. The van der Waals surface area contributed by atoms with Gasteiger partial charge in [-0.15, -0.1) is 8.78 Å². The number of hydrogen-bond donors (Lipinski definition) is 3. The molecule has 4 aromatic rings. The van der Waals surface area contributed by atoms with Crippen molar-refractivity contribution in [2.45, 2.75) is 75.4 Å². The molecule has 0 spiro atoms. The molecule has 2 aliphatic rings. The van der Waals surface area contributed by atoms with Gasteiger partial charge in [0.1, 0.15) is 0 Å². The van der Waals surface area contributed by atoms with Crippen LogP contribution in [0.25, 0.3) is 16.6 Å². The zero-order valence-corrected chi connectivity index (χ0v) is 26.1. The molecule has 238 valence electrons. The molecule has 1 amide bonds. The van der Waals surface area contributed by atoms with Crippen LogP contribution < -0.4 is 14.8 Å². The van der Waals surface area contributed by atoms with Crippen LogP contribution in [0.1, 0.15) is 62.4 Å². The second-order valence-corrected chi connectivity index (χ2v) is 14.2. The highest BCUT2D eigenvalue weighted by Crippen LogP contribution is 2.52. The lowest BCUT2D eigenvalue weighted by Crippen LogP contribution is -2.27. The van der Waals surface area contributed by atoms with Crippen LogP contribution in [-0.2, 0) is 32.2 Å². The molecule has 6 rings (SSSR count). The van der Waals surface area contributed by atoms with E-state index in [-0.39, 0.29) is 35.3 Å². The number of hydrogen-bond acceptors (Lipinski definition) is 6. The average molecular weight is 641 g/mol. The number of carbonyl (C=O) groups excluding carboxylic acids is 1. The number of fused-ring (bicyclic) bond motifs is 2. The van der Waals surface area contributed by atoms with E-state index in [1.807, 2.05) is 50.5 Å². The van der Waals surface area contributed by atoms with E-state index in [4.69, 9.17) is 0 Å². The number of aliphatic hydroxyl groups excluding tert-OH is 1. The quantitative estimate of drug-likeness (QED) is 0.190. The summed E-state index contributed by atoms with van der Waals surface area (Å²) in [4.78, 5) is 13.4. The highest BCUT2D eigenvalue weighted by molar-refractivity contribution is 7.85. The zero-order valence-electron chi connectivity index (χ0n) is 25.3. The van der Waals surface area contributed by atoms with Gasteiger partial charge in [0.25, 0.3) is 10.1 Å². The van der Waals surface area contributed by atoms with Gasteiger partial charge >= 0.3 is 6.29 Å². The number of nitrogens with one attached hydrogen (secondary N) is 1. The van der Waals surface area contributed by atoms with Crippen LogP contribution in [-0.4, -0.2) is 41.5 Å². The van der Waals surface area contributed by atoms with Gasteiger partial charge in [-0.1, -0.05) is 32.9 Å². The number of aryl methyl sites for hydroxylation is 1. The molecular formula is C33H34F2N2O7S. The number of aliphatic hydroxyl groups is 1. The first-order chi connectivity index (χ1) is 21.0. The molecule has 1 fully saturated rings. The Kier molecular flexibility index (Phi) is 7.26. The lowest BCUT2D eigenvalue weighted by Gasteiger charge is -2.26. The summed E-state index contributed by atoms with van der Waals surface area (Å²) < 4.78 is 73.1. The molecule has 1 aromatic heterocycles. The van der Waals surface area contributed by atoms with Crippen LogP contribution in [0.15, 0.2) is 59.5 Å². The first kappa shape index (κ1) is 31.0. The maximum absolute atomic E-state index is 13.6. The van der Waals surface area contributed by atoms with E-state index < -0.39 is 27.2 Å². The standard InChI is InChI=1S/C33H34F2N2O7S/c1-19-7-12-27(45(40,41)42)23(6-5-15-38)29(19)37-24-10-9-22(16-20(24)17-28(37)31(2,3)4)36-30(39)32(13-14-32)21-8-11-25-26(18-21)44-33(34,35)43-25/h7-12,16-18,38H,5-6,13-15H2,1-4H3,(H,36,39)(H,40,41,42). The third kappa shape index (κ3) is 5.55. The summed E-state index contributed by atoms with van der Waals surface area (Å²) in [6, 6.07) is 14.9. The third-order valence-electron chi connectivity index (χ3n) is 8.49. The smallest absolute Gasteiger partial charge is 0.396 e. The normalized spacial score (nSPS) is 16.6. The summed E-state index contributed by atoms with van der Waals surface area (Å²) in [6.45, 7) is 7.82. The van der Waals surface area contributed by atoms with Crippen LogP contribution in [0.4, 0.5) is 14.5 Å². The highest BCUT2D eigenvalue weighted by atomic mass is 32.2. The fraction of sp³-hybridized carbons (Fsp3) is 0.364.